The smallest absolute Gasteiger partial charge is 0.0753 e. The van der Waals surface area contributed by atoms with Crippen LogP contribution in [0.15, 0.2) is 0 Å². The largest absolute Gasteiger partial charge is 0.375 e. The number of rotatable bonds is 0. The third kappa shape index (κ3) is 3.90. The van der Waals surface area contributed by atoms with Crippen molar-refractivity contribution in [2.24, 2.45) is 0 Å². The van der Waals surface area contributed by atoms with Crippen LogP contribution in [0.25, 0.3) is 0 Å². The van der Waals surface area contributed by atoms with Gasteiger partial charge in [-0.05, 0) is 25.9 Å². The highest BCUT2D eigenvalue weighted by Gasteiger charge is 2.28. The molecular weight excluding hydrogens is 256 g/mol. The molecule has 0 aromatic heterocycles. The third-order valence-corrected chi connectivity index (χ3v) is 4.52. The van der Waals surface area contributed by atoms with Crippen LogP contribution in [0, 0.1) is 0 Å². The second kappa shape index (κ2) is 7.68. The zero-order valence-electron chi connectivity index (χ0n) is 12.2. The fourth-order valence-corrected chi connectivity index (χ4v) is 3.38. The van der Waals surface area contributed by atoms with Crippen LogP contribution in [-0.4, -0.2) is 76.8 Å². The molecular formula is C14H28N4O2. The molecule has 6 heteroatoms. The molecule has 4 aliphatic heterocycles. The average molecular weight is 284 g/mol. The topological polar surface area (TPSA) is 66.6 Å². The summed E-state index contributed by atoms with van der Waals surface area (Å²) in [5.74, 6) is 0. The van der Waals surface area contributed by atoms with E-state index >= 15 is 0 Å². The molecule has 0 aromatic carbocycles. The molecule has 0 aromatic rings. The molecule has 0 aliphatic carbocycles. The predicted octanol–water partition coefficient (Wildman–Crippen LogP) is -1.33. The molecule has 4 rings (SSSR count). The second-order valence-electron chi connectivity index (χ2n) is 5.93. The van der Waals surface area contributed by atoms with Crippen molar-refractivity contribution in [3.05, 3.63) is 0 Å². The summed E-state index contributed by atoms with van der Waals surface area (Å²) in [6.07, 6.45) is 3.29. The van der Waals surface area contributed by atoms with Gasteiger partial charge in [0, 0.05) is 38.3 Å². The summed E-state index contributed by atoms with van der Waals surface area (Å²) in [4.78, 5) is 0. The molecule has 4 saturated heterocycles. The van der Waals surface area contributed by atoms with Crippen LogP contribution >= 0.6 is 0 Å². The quantitative estimate of drug-likeness (QED) is 0.442. The first-order chi connectivity index (χ1) is 9.93. The Labute approximate surface area is 121 Å². The summed E-state index contributed by atoms with van der Waals surface area (Å²) in [6.45, 7) is 8.19. The minimum absolute atomic E-state index is 0.481. The second-order valence-corrected chi connectivity index (χ2v) is 5.93. The molecule has 0 bridgehead atoms. The van der Waals surface area contributed by atoms with E-state index in [2.05, 4.69) is 21.3 Å². The van der Waals surface area contributed by atoms with Crippen molar-refractivity contribution in [1.29, 1.82) is 0 Å². The number of nitrogens with one attached hydrogen (secondary N) is 4. The van der Waals surface area contributed by atoms with E-state index in [1.54, 1.807) is 0 Å². The highest BCUT2D eigenvalue weighted by molar-refractivity contribution is 4.87. The zero-order chi connectivity index (χ0) is 13.6. The van der Waals surface area contributed by atoms with Crippen LogP contribution < -0.4 is 21.3 Å². The number of hydrogen-bond acceptors (Lipinski definition) is 6. The van der Waals surface area contributed by atoms with Crippen LogP contribution in [-0.2, 0) is 9.47 Å². The van der Waals surface area contributed by atoms with Crippen LogP contribution in [0.2, 0.25) is 0 Å². The van der Waals surface area contributed by atoms with Gasteiger partial charge in [0.2, 0.25) is 0 Å². The van der Waals surface area contributed by atoms with Gasteiger partial charge in [-0.25, -0.2) is 0 Å². The van der Waals surface area contributed by atoms with Gasteiger partial charge < -0.3 is 30.7 Å². The average Bonchev–Trinajstić information content (AvgIpc) is 2.56. The number of fused-ring (bicyclic) bond motifs is 2. The number of piperidine rings is 2. The maximum atomic E-state index is 5.58. The minimum Gasteiger partial charge on any atom is -0.375 e. The SMILES string of the molecule is C1C[C@@H]2OCCN[C@H]2CN1.C1C[C@H]2OCCN[C@@H]2CN1. The summed E-state index contributed by atoms with van der Waals surface area (Å²) >= 11 is 0. The molecule has 116 valence electrons. The van der Waals surface area contributed by atoms with Crippen molar-refractivity contribution >= 4 is 0 Å². The predicted molar refractivity (Wildman–Crippen MR) is 78.0 cm³/mol. The van der Waals surface area contributed by atoms with Crippen LogP contribution in [0.5, 0.6) is 0 Å². The Balaban J connectivity index is 0.000000121. The lowest BCUT2D eigenvalue weighted by molar-refractivity contribution is -0.0181. The number of hydrogen-bond donors (Lipinski definition) is 4. The molecule has 20 heavy (non-hydrogen) atoms. The van der Waals surface area contributed by atoms with Crippen molar-refractivity contribution in [2.45, 2.75) is 37.1 Å². The van der Waals surface area contributed by atoms with E-state index in [1.807, 2.05) is 0 Å². The Morgan fingerprint density at radius 2 is 1.15 bits per heavy atom. The first-order valence-electron chi connectivity index (χ1n) is 8.05. The van der Waals surface area contributed by atoms with E-state index in [4.69, 9.17) is 9.47 Å². The summed E-state index contributed by atoms with van der Waals surface area (Å²) in [6, 6.07) is 1.14. The Morgan fingerprint density at radius 1 is 0.650 bits per heavy atom. The van der Waals surface area contributed by atoms with Gasteiger partial charge in [-0.15, -0.1) is 0 Å². The third-order valence-electron chi connectivity index (χ3n) is 4.52. The molecule has 6 nitrogen and oxygen atoms in total. The van der Waals surface area contributed by atoms with Gasteiger partial charge >= 0.3 is 0 Å². The van der Waals surface area contributed by atoms with Crippen molar-refractivity contribution in [3.63, 3.8) is 0 Å². The van der Waals surface area contributed by atoms with Gasteiger partial charge in [0.25, 0.3) is 0 Å². The Morgan fingerprint density at radius 3 is 1.60 bits per heavy atom. The lowest BCUT2D eigenvalue weighted by atomic mass is 10.0. The van der Waals surface area contributed by atoms with E-state index in [-0.39, 0.29) is 0 Å². The maximum absolute atomic E-state index is 5.58. The molecule has 4 atom stereocenters. The molecule has 0 spiro atoms. The first-order valence-corrected chi connectivity index (χ1v) is 8.05. The fraction of sp³-hybridized carbons (Fsp3) is 1.00. The number of morpholine rings is 2. The minimum atomic E-state index is 0.481. The van der Waals surface area contributed by atoms with Gasteiger partial charge in [-0.1, -0.05) is 0 Å². The van der Waals surface area contributed by atoms with E-state index < -0.39 is 0 Å². The van der Waals surface area contributed by atoms with Gasteiger partial charge in [0.05, 0.1) is 25.4 Å². The van der Waals surface area contributed by atoms with Gasteiger partial charge in [-0.2, -0.15) is 0 Å². The molecule has 0 amide bonds. The molecule has 0 unspecified atom stereocenters. The van der Waals surface area contributed by atoms with Crippen molar-refractivity contribution in [1.82, 2.24) is 21.3 Å². The molecule has 0 saturated carbocycles. The fourth-order valence-electron chi connectivity index (χ4n) is 3.38. The van der Waals surface area contributed by atoms with E-state index in [1.165, 1.54) is 0 Å². The molecule has 4 N–H and O–H groups in total. The van der Waals surface area contributed by atoms with E-state index in [0.717, 1.165) is 65.3 Å². The van der Waals surface area contributed by atoms with Crippen LogP contribution in [0.1, 0.15) is 12.8 Å². The summed E-state index contributed by atoms with van der Waals surface area (Å²) in [5, 5.41) is 13.5. The zero-order valence-corrected chi connectivity index (χ0v) is 12.2. The van der Waals surface area contributed by atoms with Crippen molar-refractivity contribution in [2.75, 3.05) is 52.5 Å². The summed E-state index contributed by atoms with van der Waals surface area (Å²) < 4.78 is 11.2. The van der Waals surface area contributed by atoms with Gasteiger partial charge in [-0.3, -0.25) is 0 Å². The molecule has 4 aliphatic rings. The highest BCUT2D eigenvalue weighted by Crippen LogP contribution is 2.11. The molecule has 4 fully saturated rings. The monoisotopic (exact) mass is 284 g/mol. The Hall–Kier alpha value is -0.240. The summed E-state index contributed by atoms with van der Waals surface area (Å²) in [7, 11) is 0. The van der Waals surface area contributed by atoms with Crippen molar-refractivity contribution in [3.8, 4) is 0 Å². The van der Waals surface area contributed by atoms with Gasteiger partial charge in [0.1, 0.15) is 0 Å². The maximum Gasteiger partial charge on any atom is 0.0753 e. The van der Waals surface area contributed by atoms with Crippen LogP contribution in [0.3, 0.4) is 0 Å². The normalized spacial score (nSPS) is 40.8. The number of ether oxygens (including phenoxy) is 2. The lowest BCUT2D eigenvalue weighted by Crippen LogP contribution is -2.57. The van der Waals surface area contributed by atoms with Gasteiger partial charge in [0.15, 0.2) is 0 Å². The lowest BCUT2D eigenvalue weighted by Gasteiger charge is -2.36. The molecule has 4 heterocycles. The standard InChI is InChI=1S/2C7H14N2O/c2*1-2-8-5-6-7(1)10-4-3-9-6/h2*6-9H,1-5H2/t2*6-,7-/m10/s1. The Bertz CT molecular complexity index is 212. The van der Waals surface area contributed by atoms with E-state index in [0.29, 0.717) is 24.3 Å². The Kier molecular flexibility index (Phi) is 5.64. The first kappa shape index (κ1) is 14.7. The van der Waals surface area contributed by atoms with E-state index in [9.17, 15) is 0 Å². The van der Waals surface area contributed by atoms with Crippen molar-refractivity contribution < 1.29 is 9.47 Å². The van der Waals surface area contributed by atoms with Crippen LogP contribution in [0.4, 0.5) is 0 Å². The highest BCUT2D eigenvalue weighted by atomic mass is 16.5. The molecule has 0 radical (unpaired) electrons. The summed E-state index contributed by atoms with van der Waals surface area (Å²) in [5.41, 5.74) is 0.